The third-order valence-corrected chi connectivity index (χ3v) is 6.75. The van der Waals surface area contributed by atoms with Crippen molar-refractivity contribution in [3.63, 3.8) is 0 Å². The molecule has 0 radical (unpaired) electrons. The predicted molar refractivity (Wildman–Crippen MR) is 164 cm³/mol. The normalized spacial score (nSPS) is 10.6. The summed E-state index contributed by atoms with van der Waals surface area (Å²) in [7, 11) is 8.45. The number of anilines is 4. The van der Waals surface area contributed by atoms with Crippen molar-refractivity contribution in [2.45, 2.75) is 13.0 Å². The van der Waals surface area contributed by atoms with Crippen molar-refractivity contribution in [3.8, 4) is 11.5 Å². The van der Waals surface area contributed by atoms with Gasteiger partial charge in [-0.1, -0.05) is 35.8 Å². The minimum absolute atomic E-state index is 0.125. The molecule has 218 valence electrons. The van der Waals surface area contributed by atoms with E-state index in [1.165, 1.54) is 37.6 Å². The fourth-order valence-electron chi connectivity index (χ4n) is 3.68. The van der Waals surface area contributed by atoms with Gasteiger partial charge in [-0.05, 0) is 44.3 Å². The summed E-state index contributed by atoms with van der Waals surface area (Å²) in [5, 5.41) is 9.09. The van der Waals surface area contributed by atoms with Gasteiger partial charge in [-0.3, -0.25) is 9.69 Å². The number of nitrogens with zero attached hydrogens (tertiary/aromatic N) is 4. The monoisotopic (exact) mass is 601 g/mol. The molecular weight excluding hydrogens is 569 g/mol. The number of urea groups is 1. The summed E-state index contributed by atoms with van der Waals surface area (Å²) in [4.78, 5) is 37.1. The van der Waals surface area contributed by atoms with Crippen molar-refractivity contribution in [2.75, 3.05) is 62.8 Å². The van der Waals surface area contributed by atoms with Crippen LogP contribution >= 0.6 is 23.2 Å². The molecule has 0 aliphatic rings. The maximum absolute atomic E-state index is 13.1. The molecule has 1 heterocycles. The fraction of sp³-hybridized carbons (Fsp3) is 0.286. The first-order valence-electron chi connectivity index (χ1n) is 12.5. The molecular formula is C28H33Cl2N7O4. The van der Waals surface area contributed by atoms with Gasteiger partial charge in [0.1, 0.15) is 33.7 Å². The first kappa shape index (κ1) is 31.5. The molecule has 41 heavy (non-hydrogen) atoms. The van der Waals surface area contributed by atoms with Crippen LogP contribution in [-0.2, 0) is 17.8 Å². The number of likely N-dealkylation sites (N-methyl/N-ethyl adjacent to an activating group) is 1. The molecule has 0 aliphatic heterocycles. The fourth-order valence-corrected chi connectivity index (χ4v) is 4.28. The average molecular weight is 603 g/mol. The maximum atomic E-state index is 13.1. The Hall–Kier alpha value is -4.06. The van der Waals surface area contributed by atoms with E-state index in [4.69, 9.17) is 32.7 Å². The summed E-state index contributed by atoms with van der Waals surface area (Å²) in [6.45, 7) is 4.70. The lowest BCUT2D eigenvalue weighted by molar-refractivity contribution is -0.111. The van der Waals surface area contributed by atoms with E-state index in [1.807, 2.05) is 32.3 Å². The lowest BCUT2D eigenvalue weighted by Gasteiger charge is -2.20. The molecule has 0 atom stereocenters. The van der Waals surface area contributed by atoms with Crippen LogP contribution in [-0.4, -0.2) is 68.7 Å². The van der Waals surface area contributed by atoms with Gasteiger partial charge in [0.15, 0.2) is 0 Å². The number of amides is 3. The van der Waals surface area contributed by atoms with Crippen molar-refractivity contribution in [1.82, 2.24) is 14.9 Å². The molecule has 0 fully saturated rings. The number of methoxy groups -OCH3 is 2. The highest BCUT2D eigenvalue weighted by Crippen LogP contribution is 2.44. The summed E-state index contributed by atoms with van der Waals surface area (Å²) < 4.78 is 10.5. The van der Waals surface area contributed by atoms with E-state index in [1.54, 1.807) is 13.1 Å². The molecule has 11 nitrogen and oxygen atoms in total. The third kappa shape index (κ3) is 8.23. The zero-order valence-electron chi connectivity index (χ0n) is 23.5. The Morgan fingerprint density at radius 1 is 0.976 bits per heavy atom. The van der Waals surface area contributed by atoms with Gasteiger partial charge in [0, 0.05) is 25.7 Å². The van der Waals surface area contributed by atoms with Gasteiger partial charge >= 0.3 is 6.03 Å². The van der Waals surface area contributed by atoms with Crippen LogP contribution in [0, 0.1) is 0 Å². The van der Waals surface area contributed by atoms with Gasteiger partial charge < -0.3 is 30.3 Å². The number of aromatic nitrogens is 2. The molecule has 0 bridgehead atoms. The van der Waals surface area contributed by atoms with Gasteiger partial charge in [0.05, 0.1) is 43.5 Å². The van der Waals surface area contributed by atoms with E-state index < -0.39 is 6.03 Å². The minimum Gasteiger partial charge on any atom is -0.495 e. The molecule has 3 rings (SSSR count). The van der Waals surface area contributed by atoms with Crippen LogP contribution in [0.2, 0.25) is 10.0 Å². The Morgan fingerprint density at radius 3 is 2.27 bits per heavy atom. The van der Waals surface area contributed by atoms with E-state index in [9.17, 15) is 9.59 Å². The molecule has 2 aromatic carbocycles. The van der Waals surface area contributed by atoms with Gasteiger partial charge in [0.2, 0.25) is 5.91 Å². The van der Waals surface area contributed by atoms with E-state index in [0.717, 1.165) is 18.5 Å². The summed E-state index contributed by atoms with van der Waals surface area (Å²) in [5.74, 6) is 0.588. The zero-order valence-corrected chi connectivity index (χ0v) is 25.1. The van der Waals surface area contributed by atoms with Crippen LogP contribution in [0.15, 0.2) is 49.3 Å². The Bertz CT molecular complexity index is 1390. The SMILES string of the molecule is C=CC(=O)Nc1cc(CCN(C)C)ccc1NCc1cc(N(C)C(=O)Nc2c(Cl)c(OC)cc(OC)c2Cl)ncn1. The van der Waals surface area contributed by atoms with Crippen molar-refractivity contribution in [3.05, 3.63) is 70.6 Å². The number of rotatable bonds is 12. The van der Waals surface area contributed by atoms with Crippen LogP contribution in [0.5, 0.6) is 11.5 Å². The lowest BCUT2D eigenvalue weighted by atomic mass is 10.1. The van der Waals surface area contributed by atoms with E-state index in [2.05, 4.69) is 37.4 Å². The molecule has 3 N–H and O–H groups in total. The molecule has 1 aromatic heterocycles. The topological polar surface area (TPSA) is 121 Å². The zero-order chi connectivity index (χ0) is 30.1. The van der Waals surface area contributed by atoms with Crippen molar-refractivity contribution < 1.29 is 19.1 Å². The second-order valence-corrected chi connectivity index (χ2v) is 9.88. The number of carbonyl (C=O) groups excluding carboxylic acids is 2. The first-order chi connectivity index (χ1) is 19.6. The number of carbonyl (C=O) groups is 2. The molecule has 13 heteroatoms. The highest BCUT2D eigenvalue weighted by atomic mass is 35.5. The largest absolute Gasteiger partial charge is 0.495 e. The van der Waals surface area contributed by atoms with E-state index >= 15 is 0 Å². The molecule has 3 aromatic rings. The lowest BCUT2D eigenvalue weighted by Crippen LogP contribution is -2.32. The van der Waals surface area contributed by atoms with Gasteiger partial charge in [-0.2, -0.15) is 0 Å². The second-order valence-electron chi connectivity index (χ2n) is 9.12. The van der Waals surface area contributed by atoms with Crippen LogP contribution in [0.25, 0.3) is 0 Å². The number of nitrogens with one attached hydrogen (secondary N) is 3. The smallest absolute Gasteiger partial charge is 0.327 e. The highest BCUT2D eigenvalue weighted by Gasteiger charge is 2.22. The van der Waals surface area contributed by atoms with Crippen LogP contribution in [0.1, 0.15) is 11.3 Å². The quantitative estimate of drug-likeness (QED) is 0.239. The average Bonchev–Trinajstić information content (AvgIpc) is 2.97. The first-order valence-corrected chi connectivity index (χ1v) is 13.2. The number of ether oxygens (including phenoxy) is 2. The van der Waals surface area contributed by atoms with Gasteiger partial charge in [0.25, 0.3) is 0 Å². The second kappa shape index (κ2) is 14.5. The number of halogens is 2. The minimum atomic E-state index is -0.551. The Balaban J connectivity index is 1.77. The summed E-state index contributed by atoms with van der Waals surface area (Å²) in [6, 6.07) is 8.48. The third-order valence-electron chi connectivity index (χ3n) is 6.00. The van der Waals surface area contributed by atoms with Crippen molar-refractivity contribution >= 4 is 58.0 Å². The molecule has 0 aliphatic carbocycles. The van der Waals surface area contributed by atoms with Gasteiger partial charge in [-0.25, -0.2) is 14.8 Å². The molecule has 0 saturated carbocycles. The summed E-state index contributed by atoms with van der Waals surface area (Å²) in [5.41, 5.74) is 3.15. The molecule has 3 amide bonds. The van der Waals surface area contributed by atoms with Gasteiger partial charge in [-0.15, -0.1) is 0 Å². The standard InChI is InChI=1S/C28H33Cl2N7O4/c1-7-24(38)34-20-12-17(10-11-36(2)3)8-9-19(20)31-15-18-13-23(33-16-32-18)37(4)28(39)35-27-25(29)21(40-5)14-22(41-6)26(27)30/h7-9,12-14,16,31H,1,10-11,15H2,2-6H3,(H,34,38)(H,35,39). The van der Waals surface area contributed by atoms with E-state index in [0.29, 0.717) is 29.4 Å². The highest BCUT2D eigenvalue weighted by molar-refractivity contribution is 6.41. The maximum Gasteiger partial charge on any atom is 0.327 e. The Kier molecular flexibility index (Phi) is 11.2. The molecule has 0 unspecified atom stereocenters. The number of benzene rings is 2. The van der Waals surface area contributed by atoms with Crippen LogP contribution in [0.4, 0.5) is 27.7 Å². The number of hydrogen-bond acceptors (Lipinski definition) is 8. The number of hydrogen-bond donors (Lipinski definition) is 3. The molecule has 0 spiro atoms. The summed E-state index contributed by atoms with van der Waals surface area (Å²) >= 11 is 12.8. The van der Waals surface area contributed by atoms with Crippen molar-refractivity contribution in [2.24, 2.45) is 0 Å². The predicted octanol–water partition coefficient (Wildman–Crippen LogP) is 5.31. The van der Waals surface area contributed by atoms with E-state index in [-0.39, 0.29) is 33.1 Å². The molecule has 0 saturated heterocycles. The Morgan fingerprint density at radius 2 is 1.66 bits per heavy atom. The summed E-state index contributed by atoms with van der Waals surface area (Å²) in [6.07, 6.45) is 3.40. The van der Waals surface area contributed by atoms with Crippen LogP contribution < -0.4 is 30.3 Å². The van der Waals surface area contributed by atoms with Crippen LogP contribution in [0.3, 0.4) is 0 Å². The Labute approximate surface area is 249 Å². The van der Waals surface area contributed by atoms with Crippen molar-refractivity contribution in [1.29, 1.82) is 0 Å².